The molecule has 4 aliphatic rings. The molecule has 4 aliphatic heterocycles. The number of aliphatic carboxylic acids is 1. The fourth-order valence-corrected chi connectivity index (χ4v) is 10.7. The summed E-state index contributed by atoms with van der Waals surface area (Å²) < 4.78 is 13.4. The summed E-state index contributed by atoms with van der Waals surface area (Å²) in [6.07, 6.45) is 13.6. The minimum Gasteiger partial charge on any atom is -0.507 e. The Morgan fingerprint density at radius 1 is 0.676 bits per heavy atom. The standard InChI is InChI=1S/C57H82N4O10/c1-34(2)18-13-20-36(5)22-15-25-56(7)45(62)28-38-49(64)40(30-58(9)10)47-42(51(38)70-56)32-60(53(47)66)27-17-24-44(55(68)69)61-33-43-48(54(61)67)41(31-59(11)12)50(65)39-29-46(63)57(8,71-52(39)43)26-16-23-37(6)21-14-19-35(3)4/h18-19,22-23,44-46,62-65H,13-17,20-21,24-33H2,1-12H3,(H,68,69)/b36-22+,37-23+/t44-,45-,46-,56+,57+/m0/s1. The van der Waals surface area contributed by atoms with Crippen molar-refractivity contribution in [3.63, 3.8) is 0 Å². The van der Waals surface area contributed by atoms with E-state index in [1.807, 2.05) is 51.8 Å². The fraction of sp³-hybridized carbons (Fsp3) is 0.596. The van der Waals surface area contributed by atoms with E-state index in [1.54, 1.807) is 4.90 Å². The molecular formula is C57H82N4O10. The quantitative estimate of drug-likeness (QED) is 0.0707. The van der Waals surface area contributed by atoms with Crippen molar-refractivity contribution in [2.45, 2.75) is 188 Å². The van der Waals surface area contributed by atoms with Crippen LogP contribution in [-0.2, 0) is 43.8 Å². The van der Waals surface area contributed by atoms with Gasteiger partial charge in [0.25, 0.3) is 11.8 Å². The summed E-state index contributed by atoms with van der Waals surface area (Å²) in [5.74, 6) is -1.46. The lowest BCUT2D eigenvalue weighted by atomic mass is 9.83. The minimum atomic E-state index is -1.27. The number of aliphatic hydroxyl groups is 2. The molecule has 6 rings (SSSR count). The molecule has 0 bridgehead atoms. The molecule has 14 heteroatoms. The van der Waals surface area contributed by atoms with Crippen LogP contribution >= 0.6 is 0 Å². The average Bonchev–Trinajstić information content (AvgIpc) is 3.79. The lowest BCUT2D eigenvalue weighted by Crippen LogP contribution is -2.49. The molecule has 2 aromatic carbocycles. The van der Waals surface area contributed by atoms with E-state index in [0.717, 1.165) is 25.7 Å². The number of carboxylic acids is 1. The second-order valence-electron chi connectivity index (χ2n) is 22.2. The van der Waals surface area contributed by atoms with Crippen molar-refractivity contribution in [1.29, 1.82) is 0 Å². The number of ether oxygens (including phenoxy) is 2. The Hall–Kier alpha value is -5.15. The molecular weight excluding hydrogens is 901 g/mol. The van der Waals surface area contributed by atoms with Crippen LogP contribution in [0.2, 0.25) is 0 Å². The molecule has 0 saturated heterocycles. The van der Waals surface area contributed by atoms with Crippen LogP contribution in [0.15, 0.2) is 46.6 Å². The molecule has 5 atom stereocenters. The van der Waals surface area contributed by atoms with E-state index in [4.69, 9.17) is 9.47 Å². The van der Waals surface area contributed by atoms with E-state index in [0.29, 0.717) is 76.1 Å². The largest absolute Gasteiger partial charge is 0.507 e. The molecule has 2 aromatic rings. The van der Waals surface area contributed by atoms with E-state index in [9.17, 15) is 39.9 Å². The summed E-state index contributed by atoms with van der Waals surface area (Å²) in [6.45, 7) is 17.0. The number of benzene rings is 2. The molecule has 14 nitrogen and oxygen atoms in total. The molecule has 4 heterocycles. The molecule has 0 aromatic heterocycles. The van der Waals surface area contributed by atoms with E-state index >= 15 is 0 Å². The number of nitrogens with zero attached hydrogens (tertiary/aromatic N) is 4. The number of phenolic OH excluding ortho intramolecular Hbond substituents is 2. The third kappa shape index (κ3) is 12.2. The first-order chi connectivity index (χ1) is 33.4. The molecule has 0 radical (unpaired) electrons. The van der Waals surface area contributed by atoms with Gasteiger partial charge in [-0.3, -0.25) is 9.59 Å². The number of phenols is 2. The molecule has 0 aliphatic carbocycles. The highest BCUT2D eigenvalue weighted by atomic mass is 16.5. The first-order valence-corrected chi connectivity index (χ1v) is 25.6. The van der Waals surface area contributed by atoms with Crippen molar-refractivity contribution >= 4 is 17.8 Å². The van der Waals surface area contributed by atoms with Crippen LogP contribution in [-0.4, -0.2) is 127 Å². The molecule has 0 fully saturated rings. The highest BCUT2D eigenvalue weighted by Crippen LogP contribution is 2.51. The topological polar surface area (TPSA) is 184 Å². The molecule has 0 spiro atoms. The van der Waals surface area contributed by atoms with E-state index in [1.165, 1.54) is 27.2 Å². The second-order valence-corrected chi connectivity index (χ2v) is 22.2. The van der Waals surface area contributed by atoms with Gasteiger partial charge in [0.15, 0.2) is 0 Å². The lowest BCUT2D eigenvalue weighted by molar-refractivity contribution is -0.142. The molecule has 5 N–H and O–H groups in total. The predicted octanol–water partition coefficient (Wildman–Crippen LogP) is 9.12. The number of allylic oxidation sites excluding steroid dienone is 8. The van der Waals surface area contributed by atoms with Gasteiger partial charge < -0.3 is 54.6 Å². The summed E-state index contributed by atoms with van der Waals surface area (Å²) in [7, 11) is 7.35. The fourth-order valence-electron chi connectivity index (χ4n) is 10.7. The Bertz CT molecular complexity index is 2480. The van der Waals surface area contributed by atoms with Crippen molar-refractivity contribution in [2.24, 2.45) is 0 Å². The normalized spacial score (nSPS) is 22.3. The molecule has 0 saturated carbocycles. The van der Waals surface area contributed by atoms with Crippen molar-refractivity contribution < 1.29 is 49.4 Å². The van der Waals surface area contributed by atoms with E-state index < -0.39 is 41.3 Å². The van der Waals surface area contributed by atoms with Crippen molar-refractivity contribution in [3.05, 3.63) is 91.1 Å². The second kappa shape index (κ2) is 22.7. The van der Waals surface area contributed by atoms with Gasteiger partial charge in [-0.25, -0.2) is 4.79 Å². The highest BCUT2D eigenvalue weighted by molar-refractivity contribution is 6.04. The maximum Gasteiger partial charge on any atom is 0.326 e. The van der Waals surface area contributed by atoms with Crippen LogP contribution < -0.4 is 9.47 Å². The number of aromatic hydroxyl groups is 2. The number of carbonyl (C=O) groups excluding carboxylic acids is 2. The number of hydrogen-bond donors (Lipinski definition) is 5. The van der Waals surface area contributed by atoms with Crippen molar-refractivity contribution in [1.82, 2.24) is 19.6 Å². The number of carbonyl (C=O) groups is 3. The molecule has 0 unspecified atom stereocenters. The number of hydrogen-bond acceptors (Lipinski definition) is 11. The van der Waals surface area contributed by atoms with Gasteiger partial charge in [0.1, 0.15) is 40.2 Å². The highest BCUT2D eigenvalue weighted by Gasteiger charge is 2.49. The summed E-state index contributed by atoms with van der Waals surface area (Å²) in [5, 5.41) is 57.5. The van der Waals surface area contributed by atoms with Gasteiger partial charge in [-0.1, -0.05) is 46.6 Å². The van der Waals surface area contributed by atoms with Gasteiger partial charge in [0, 0.05) is 65.9 Å². The number of aliphatic hydroxyl groups excluding tert-OH is 2. The summed E-state index contributed by atoms with van der Waals surface area (Å²) >= 11 is 0. The number of fused-ring (bicyclic) bond motifs is 6. The van der Waals surface area contributed by atoms with Gasteiger partial charge in [0.2, 0.25) is 0 Å². The van der Waals surface area contributed by atoms with E-state index in [2.05, 4.69) is 65.8 Å². The third-order valence-corrected chi connectivity index (χ3v) is 14.9. The minimum absolute atomic E-state index is 0.0267. The van der Waals surface area contributed by atoms with Gasteiger partial charge in [-0.15, -0.1) is 0 Å². The first-order valence-electron chi connectivity index (χ1n) is 25.6. The summed E-state index contributed by atoms with van der Waals surface area (Å²) in [6, 6.07) is -1.27. The third-order valence-electron chi connectivity index (χ3n) is 14.9. The summed E-state index contributed by atoms with van der Waals surface area (Å²) in [4.78, 5) is 49.0. The average molecular weight is 983 g/mol. The van der Waals surface area contributed by atoms with E-state index in [-0.39, 0.29) is 81.4 Å². The maximum atomic E-state index is 14.6. The van der Waals surface area contributed by atoms with Gasteiger partial charge in [-0.05, 0) is 148 Å². The zero-order chi connectivity index (χ0) is 52.3. The van der Waals surface area contributed by atoms with Crippen LogP contribution in [0.3, 0.4) is 0 Å². The Morgan fingerprint density at radius 2 is 1.11 bits per heavy atom. The Balaban J connectivity index is 1.22. The first kappa shape index (κ1) is 55.2. The molecule has 2 amide bonds. The Kier molecular flexibility index (Phi) is 17.7. The molecule has 71 heavy (non-hydrogen) atoms. The van der Waals surface area contributed by atoms with Crippen LogP contribution in [0, 0.1) is 0 Å². The summed E-state index contributed by atoms with van der Waals surface area (Å²) in [5.41, 5.74) is 6.48. The monoisotopic (exact) mass is 983 g/mol. The molecule has 390 valence electrons. The predicted molar refractivity (Wildman–Crippen MR) is 277 cm³/mol. The number of carboxylic acid groups (broad SMARTS) is 1. The zero-order valence-corrected chi connectivity index (χ0v) is 44.6. The van der Waals surface area contributed by atoms with Crippen LogP contribution in [0.4, 0.5) is 0 Å². The SMILES string of the molecule is CC(C)=CCC/C(C)=C/CC[C@@]1(C)Oc2c(c(O)c(CN(C)C)c3c2CN(CCC[C@@H](C(=O)O)N2Cc4c5c(c(O)c(CN(C)C)c4C2=O)C[C@H](O)[C@@](C)(CC/C=C(\C)CCC=C(C)C)O5)C3=O)C[C@@H]1O. The van der Waals surface area contributed by atoms with Crippen molar-refractivity contribution in [2.75, 3.05) is 34.7 Å². The Labute approximate surface area is 422 Å². The van der Waals surface area contributed by atoms with Crippen molar-refractivity contribution in [3.8, 4) is 23.0 Å². The van der Waals surface area contributed by atoms with Gasteiger partial charge in [-0.2, -0.15) is 0 Å². The Morgan fingerprint density at radius 3 is 1.54 bits per heavy atom. The number of rotatable bonds is 22. The smallest absolute Gasteiger partial charge is 0.326 e. The zero-order valence-electron chi connectivity index (χ0n) is 44.6. The van der Waals surface area contributed by atoms with Gasteiger partial charge in [0.05, 0.1) is 36.4 Å². The number of amides is 2. The lowest BCUT2D eigenvalue weighted by Gasteiger charge is -2.41. The van der Waals surface area contributed by atoms with Crippen LogP contribution in [0.25, 0.3) is 0 Å². The maximum absolute atomic E-state index is 14.6. The van der Waals surface area contributed by atoms with Gasteiger partial charge >= 0.3 is 5.97 Å². The van der Waals surface area contributed by atoms with Crippen LogP contribution in [0.5, 0.6) is 23.0 Å². The van der Waals surface area contributed by atoms with Crippen LogP contribution in [0.1, 0.15) is 174 Å².